The fourth-order valence-electron chi connectivity index (χ4n) is 1.25. The van der Waals surface area contributed by atoms with Crippen LogP contribution in [0.3, 0.4) is 0 Å². The average Bonchev–Trinajstić information content (AvgIpc) is 2.03. The number of aryl methyl sites for hydroxylation is 1. The molecule has 0 fully saturated rings. The average molecular weight is 200 g/mol. The van der Waals surface area contributed by atoms with Crippen molar-refractivity contribution in [3.8, 4) is 0 Å². The molecule has 0 heterocycles. The number of halogens is 1. The van der Waals surface area contributed by atoms with Crippen molar-refractivity contribution in [2.45, 2.75) is 13.0 Å². The molecule has 3 heteroatoms. The Labute approximate surface area is 83.6 Å². The Balaban J connectivity index is 2.87. The van der Waals surface area contributed by atoms with Crippen LogP contribution in [0.15, 0.2) is 18.2 Å². The lowest BCUT2D eigenvalue weighted by atomic mass is 10.1. The van der Waals surface area contributed by atoms with E-state index in [2.05, 4.69) is 0 Å². The number of hydrogen-bond donors (Lipinski definition) is 1. The maximum Gasteiger partial charge on any atom is 0.0655 e. The quantitative estimate of drug-likeness (QED) is 0.811. The molecule has 0 aliphatic rings. The second-order valence-electron chi connectivity index (χ2n) is 3.12. The van der Waals surface area contributed by atoms with Crippen LogP contribution in [-0.4, -0.2) is 13.7 Å². The van der Waals surface area contributed by atoms with Crippen molar-refractivity contribution in [2.75, 3.05) is 13.7 Å². The molecule has 1 atom stereocenters. The van der Waals surface area contributed by atoms with E-state index in [1.54, 1.807) is 7.11 Å². The highest BCUT2D eigenvalue weighted by Crippen LogP contribution is 2.18. The third-order valence-corrected chi connectivity index (χ3v) is 2.06. The Morgan fingerprint density at radius 3 is 2.69 bits per heavy atom. The third kappa shape index (κ3) is 2.99. The van der Waals surface area contributed by atoms with Gasteiger partial charge in [-0.2, -0.15) is 0 Å². The summed E-state index contributed by atoms with van der Waals surface area (Å²) in [6.07, 6.45) is 0. The summed E-state index contributed by atoms with van der Waals surface area (Å²) in [4.78, 5) is 0. The van der Waals surface area contributed by atoms with Crippen molar-refractivity contribution >= 4 is 11.6 Å². The highest BCUT2D eigenvalue weighted by molar-refractivity contribution is 6.30. The van der Waals surface area contributed by atoms with Crippen LogP contribution in [0.1, 0.15) is 17.2 Å². The van der Waals surface area contributed by atoms with Crippen molar-refractivity contribution in [1.82, 2.24) is 0 Å². The summed E-state index contributed by atoms with van der Waals surface area (Å²) in [5.41, 5.74) is 8.00. The van der Waals surface area contributed by atoms with Gasteiger partial charge >= 0.3 is 0 Å². The molecular weight excluding hydrogens is 186 g/mol. The van der Waals surface area contributed by atoms with Gasteiger partial charge in [-0.1, -0.05) is 17.7 Å². The highest BCUT2D eigenvalue weighted by Gasteiger charge is 2.06. The lowest BCUT2D eigenvalue weighted by Gasteiger charge is -2.11. The summed E-state index contributed by atoms with van der Waals surface area (Å²) in [7, 11) is 1.64. The minimum Gasteiger partial charge on any atom is -0.383 e. The number of benzene rings is 1. The van der Waals surface area contributed by atoms with Gasteiger partial charge in [0.2, 0.25) is 0 Å². The molecule has 0 bridgehead atoms. The minimum atomic E-state index is -0.0950. The fraction of sp³-hybridized carbons (Fsp3) is 0.400. The largest absolute Gasteiger partial charge is 0.383 e. The first-order valence-electron chi connectivity index (χ1n) is 4.15. The number of ether oxygens (including phenoxy) is 1. The first-order valence-corrected chi connectivity index (χ1v) is 4.53. The number of hydrogen-bond acceptors (Lipinski definition) is 2. The molecule has 0 aromatic heterocycles. The van der Waals surface area contributed by atoms with E-state index >= 15 is 0 Å². The van der Waals surface area contributed by atoms with Gasteiger partial charge in [-0.25, -0.2) is 0 Å². The summed E-state index contributed by atoms with van der Waals surface area (Å²) in [6.45, 7) is 2.51. The van der Waals surface area contributed by atoms with Crippen molar-refractivity contribution in [1.29, 1.82) is 0 Å². The number of rotatable bonds is 3. The SMILES string of the molecule is COCC(N)c1cc(C)cc(Cl)c1. The standard InChI is InChI=1S/C10H14ClNO/c1-7-3-8(5-9(11)4-7)10(12)6-13-2/h3-5,10H,6,12H2,1-2H3. The van der Waals surface area contributed by atoms with Crippen molar-refractivity contribution in [3.05, 3.63) is 34.3 Å². The third-order valence-electron chi connectivity index (χ3n) is 1.84. The van der Waals surface area contributed by atoms with E-state index in [9.17, 15) is 0 Å². The van der Waals surface area contributed by atoms with E-state index in [-0.39, 0.29) is 6.04 Å². The molecule has 0 spiro atoms. The highest BCUT2D eigenvalue weighted by atomic mass is 35.5. The molecule has 0 saturated heterocycles. The normalized spacial score (nSPS) is 12.9. The fourth-order valence-corrected chi connectivity index (χ4v) is 1.55. The van der Waals surface area contributed by atoms with Crippen molar-refractivity contribution in [2.24, 2.45) is 5.73 Å². The van der Waals surface area contributed by atoms with Gasteiger partial charge in [0.05, 0.1) is 12.6 Å². The van der Waals surface area contributed by atoms with Gasteiger partial charge in [0.15, 0.2) is 0 Å². The monoisotopic (exact) mass is 199 g/mol. The molecule has 0 saturated carbocycles. The molecule has 1 aromatic rings. The van der Waals surface area contributed by atoms with E-state index in [1.165, 1.54) is 0 Å². The molecule has 1 rings (SSSR count). The summed E-state index contributed by atoms with van der Waals surface area (Å²) in [5.74, 6) is 0. The number of methoxy groups -OCH3 is 1. The van der Waals surface area contributed by atoms with Crippen LogP contribution in [0.2, 0.25) is 5.02 Å². The van der Waals surface area contributed by atoms with Gasteiger partial charge in [0, 0.05) is 12.1 Å². The number of nitrogens with two attached hydrogens (primary N) is 1. The van der Waals surface area contributed by atoms with Crippen LogP contribution in [0.4, 0.5) is 0 Å². The molecule has 0 amide bonds. The van der Waals surface area contributed by atoms with Crippen molar-refractivity contribution < 1.29 is 4.74 Å². The van der Waals surface area contributed by atoms with Gasteiger partial charge in [-0.05, 0) is 30.2 Å². The zero-order valence-electron chi connectivity index (χ0n) is 7.88. The molecular formula is C10H14ClNO. The smallest absolute Gasteiger partial charge is 0.0655 e. The topological polar surface area (TPSA) is 35.2 Å². The Morgan fingerprint density at radius 2 is 2.15 bits per heavy atom. The second-order valence-corrected chi connectivity index (χ2v) is 3.56. The zero-order chi connectivity index (χ0) is 9.84. The molecule has 13 heavy (non-hydrogen) atoms. The summed E-state index contributed by atoms with van der Waals surface area (Å²) < 4.78 is 4.97. The van der Waals surface area contributed by atoms with Crippen LogP contribution < -0.4 is 5.73 Å². The van der Waals surface area contributed by atoms with Gasteiger partial charge in [0.25, 0.3) is 0 Å². The lowest BCUT2D eigenvalue weighted by Crippen LogP contribution is -2.16. The van der Waals surface area contributed by atoms with Crippen LogP contribution >= 0.6 is 11.6 Å². The van der Waals surface area contributed by atoms with Gasteiger partial charge < -0.3 is 10.5 Å². The molecule has 0 aliphatic heterocycles. The second kappa shape index (κ2) is 4.61. The molecule has 2 nitrogen and oxygen atoms in total. The first-order chi connectivity index (χ1) is 6.13. The molecule has 1 unspecified atom stereocenters. The Kier molecular flexibility index (Phi) is 3.72. The maximum atomic E-state index is 5.90. The van der Waals surface area contributed by atoms with E-state index in [1.807, 2.05) is 25.1 Å². The molecule has 0 aliphatic carbocycles. The summed E-state index contributed by atoms with van der Waals surface area (Å²) in [5, 5.41) is 0.724. The van der Waals surface area contributed by atoms with E-state index in [0.717, 1.165) is 16.1 Å². The Hall–Kier alpha value is -0.570. The van der Waals surface area contributed by atoms with Gasteiger partial charge in [-0.3, -0.25) is 0 Å². The first kappa shape index (κ1) is 10.5. The molecule has 0 radical (unpaired) electrons. The van der Waals surface area contributed by atoms with Crippen LogP contribution in [0, 0.1) is 6.92 Å². The lowest BCUT2D eigenvalue weighted by molar-refractivity contribution is 0.181. The predicted molar refractivity (Wildman–Crippen MR) is 55.0 cm³/mol. The van der Waals surface area contributed by atoms with E-state index < -0.39 is 0 Å². The molecule has 2 N–H and O–H groups in total. The Bertz CT molecular complexity index is 268. The minimum absolute atomic E-state index is 0.0950. The summed E-state index contributed by atoms with van der Waals surface area (Å²) >= 11 is 5.90. The van der Waals surface area contributed by atoms with E-state index in [4.69, 9.17) is 22.1 Å². The summed E-state index contributed by atoms with van der Waals surface area (Å²) in [6, 6.07) is 5.71. The zero-order valence-corrected chi connectivity index (χ0v) is 8.64. The van der Waals surface area contributed by atoms with Crippen LogP contribution in [-0.2, 0) is 4.74 Å². The van der Waals surface area contributed by atoms with Crippen LogP contribution in [0.5, 0.6) is 0 Å². The Morgan fingerprint density at radius 1 is 1.46 bits per heavy atom. The molecule has 72 valence electrons. The van der Waals surface area contributed by atoms with E-state index in [0.29, 0.717) is 6.61 Å². The van der Waals surface area contributed by atoms with Gasteiger partial charge in [0.1, 0.15) is 0 Å². The maximum absolute atomic E-state index is 5.90. The predicted octanol–water partition coefficient (Wildman–Crippen LogP) is 2.29. The van der Waals surface area contributed by atoms with Gasteiger partial charge in [-0.15, -0.1) is 0 Å². The van der Waals surface area contributed by atoms with Crippen LogP contribution in [0.25, 0.3) is 0 Å². The van der Waals surface area contributed by atoms with Crippen molar-refractivity contribution in [3.63, 3.8) is 0 Å². The molecule has 1 aromatic carbocycles.